The fourth-order valence-corrected chi connectivity index (χ4v) is 4.07. The van der Waals surface area contributed by atoms with Crippen molar-refractivity contribution in [2.75, 3.05) is 12.4 Å². The van der Waals surface area contributed by atoms with Gasteiger partial charge in [0.05, 0.1) is 10.7 Å². The van der Waals surface area contributed by atoms with Crippen LogP contribution in [-0.4, -0.2) is 32.0 Å². The van der Waals surface area contributed by atoms with Crippen LogP contribution in [-0.2, 0) is 18.6 Å². The van der Waals surface area contributed by atoms with Crippen LogP contribution in [0.1, 0.15) is 32.6 Å². The largest absolute Gasteiger partial charge is 0.464 e. The first kappa shape index (κ1) is 16.8. The van der Waals surface area contributed by atoms with Crippen LogP contribution >= 0.6 is 40.8 Å². The fraction of sp³-hybridized carbons (Fsp3) is 0.900. The second kappa shape index (κ2) is 6.99. The molecule has 0 radical (unpaired) electrons. The summed E-state index contributed by atoms with van der Waals surface area (Å²) in [4.78, 5) is 11.9. The van der Waals surface area contributed by atoms with Gasteiger partial charge in [0.25, 0.3) is 0 Å². The zero-order valence-electron chi connectivity index (χ0n) is 10.0. The Morgan fingerprint density at radius 3 is 2.50 bits per heavy atom. The topological polar surface area (TPSA) is 60.4 Å². The molecule has 0 aromatic rings. The average Bonchev–Trinajstić information content (AvgIpc) is 2.28. The van der Waals surface area contributed by atoms with Crippen LogP contribution in [0.25, 0.3) is 0 Å². The van der Waals surface area contributed by atoms with Crippen molar-refractivity contribution in [1.82, 2.24) is 0 Å². The van der Waals surface area contributed by atoms with Gasteiger partial charge in [-0.1, -0.05) is 8.93 Å². The van der Waals surface area contributed by atoms with Crippen LogP contribution in [0.5, 0.6) is 0 Å². The normalized spacial score (nSPS) is 28.9. The van der Waals surface area contributed by atoms with Crippen molar-refractivity contribution in [2.45, 2.75) is 37.9 Å². The number of ether oxygens (including phenoxy) is 1. The maximum atomic E-state index is 11.9. The Labute approximate surface area is 129 Å². The van der Waals surface area contributed by atoms with E-state index < -0.39 is 19.7 Å². The molecule has 0 aliphatic heterocycles. The maximum absolute atomic E-state index is 11.9. The number of hydrogen-bond donors (Lipinski definition) is 0. The monoisotopic (exact) mass is 426 g/mol. The molecule has 1 rings (SSSR count). The number of hydrogen-bond acceptors (Lipinski definition) is 5. The van der Waals surface area contributed by atoms with Crippen molar-refractivity contribution in [3.05, 3.63) is 0 Å². The van der Waals surface area contributed by atoms with E-state index >= 15 is 0 Å². The van der Waals surface area contributed by atoms with Gasteiger partial charge >= 0.3 is 5.97 Å². The molecular weight excluding hydrogens is 411 g/mol. The molecule has 0 N–H and O–H groups in total. The Balaban J connectivity index is 2.51. The molecule has 0 amide bonds. The molecule has 0 aromatic carbocycles. The third-order valence-electron chi connectivity index (χ3n) is 3.32. The van der Waals surface area contributed by atoms with E-state index in [1.54, 1.807) is 8.93 Å². The standard InChI is InChI=1S/C10H16ClIO4S2/c1-10(9(13)16-6-7-17-12)4-2-8(3-5-10)18(11,14)15/h8H,2-7H2,1H3. The third-order valence-corrected chi connectivity index (χ3v) is 6.99. The molecule has 0 saturated heterocycles. The molecule has 0 spiro atoms. The van der Waals surface area contributed by atoms with Crippen LogP contribution in [0.4, 0.5) is 0 Å². The summed E-state index contributed by atoms with van der Waals surface area (Å²) in [6, 6.07) is 0. The van der Waals surface area contributed by atoms with Crippen LogP contribution in [0.3, 0.4) is 0 Å². The van der Waals surface area contributed by atoms with E-state index in [0.717, 1.165) is 5.75 Å². The van der Waals surface area contributed by atoms with E-state index in [2.05, 4.69) is 21.2 Å². The molecule has 1 saturated carbocycles. The highest BCUT2D eigenvalue weighted by molar-refractivity contribution is 14.2. The van der Waals surface area contributed by atoms with Gasteiger partial charge in [0.15, 0.2) is 0 Å². The van der Waals surface area contributed by atoms with E-state index in [-0.39, 0.29) is 5.97 Å². The summed E-state index contributed by atoms with van der Waals surface area (Å²) < 4.78 is 27.6. The van der Waals surface area contributed by atoms with E-state index in [1.807, 2.05) is 6.92 Å². The van der Waals surface area contributed by atoms with Gasteiger partial charge in [-0.2, -0.15) is 0 Å². The summed E-state index contributed by atoms with van der Waals surface area (Å²) in [7, 11) is 3.42. The SMILES string of the molecule is CC1(C(=O)OCCSI)CCC(S(=O)(=O)Cl)CC1. The number of esters is 1. The molecule has 0 atom stereocenters. The Bertz CT molecular complexity index is 391. The van der Waals surface area contributed by atoms with Crippen molar-refractivity contribution in [2.24, 2.45) is 5.41 Å². The summed E-state index contributed by atoms with van der Waals surface area (Å²) in [6.07, 6.45) is 1.89. The predicted molar refractivity (Wildman–Crippen MR) is 82.6 cm³/mol. The van der Waals surface area contributed by atoms with Gasteiger partial charge in [-0.05, 0) is 53.8 Å². The summed E-state index contributed by atoms with van der Waals surface area (Å²) in [5, 5.41) is -0.523. The van der Waals surface area contributed by atoms with Crippen molar-refractivity contribution in [3.63, 3.8) is 0 Å². The molecule has 0 heterocycles. The molecule has 1 fully saturated rings. The second-order valence-corrected chi connectivity index (χ2v) is 10.1. The second-order valence-electron chi connectivity index (χ2n) is 4.68. The predicted octanol–water partition coefficient (Wildman–Crippen LogP) is 3.13. The average molecular weight is 427 g/mol. The van der Waals surface area contributed by atoms with E-state index in [1.165, 1.54) is 0 Å². The Morgan fingerprint density at radius 1 is 1.50 bits per heavy atom. The molecule has 0 unspecified atom stereocenters. The number of rotatable bonds is 5. The highest BCUT2D eigenvalue weighted by Crippen LogP contribution is 2.40. The molecular formula is C10H16ClIO4S2. The van der Waals surface area contributed by atoms with Crippen LogP contribution in [0.2, 0.25) is 0 Å². The lowest BCUT2D eigenvalue weighted by Crippen LogP contribution is -2.37. The molecule has 18 heavy (non-hydrogen) atoms. The van der Waals surface area contributed by atoms with E-state index in [4.69, 9.17) is 15.4 Å². The molecule has 8 heteroatoms. The number of carbonyl (C=O) groups is 1. The molecule has 0 aromatic heterocycles. The van der Waals surface area contributed by atoms with Crippen molar-refractivity contribution < 1.29 is 17.9 Å². The van der Waals surface area contributed by atoms with Gasteiger partial charge < -0.3 is 4.74 Å². The Morgan fingerprint density at radius 2 is 2.06 bits per heavy atom. The lowest BCUT2D eigenvalue weighted by Gasteiger charge is -2.33. The van der Waals surface area contributed by atoms with Crippen LogP contribution < -0.4 is 0 Å². The molecule has 106 valence electrons. The maximum Gasteiger partial charge on any atom is 0.311 e. The summed E-state index contributed by atoms with van der Waals surface area (Å²) >= 11 is 2.15. The highest BCUT2D eigenvalue weighted by Gasteiger charge is 2.41. The zero-order valence-corrected chi connectivity index (χ0v) is 14.6. The first-order chi connectivity index (χ1) is 8.29. The zero-order chi connectivity index (χ0) is 13.8. The van der Waals surface area contributed by atoms with Gasteiger partial charge in [-0.3, -0.25) is 4.79 Å². The van der Waals surface area contributed by atoms with E-state index in [9.17, 15) is 13.2 Å². The number of carbonyl (C=O) groups excluding carboxylic acids is 1. The van der Waals surface area contributed by atoms with Gasteiger partial charge in [0.2, 0.25) is 9.05 Å². The molecule has 1 aliphatic rings. The highest BCUT2D eigenvalue weighted by atomic mass is 127. The van der Waals surface area contributed by atoms with E-state index in [0.29, 0.717) is 32.3 Å². The van der Waals surface area contributed by atoms with Gasteiger partial charge in [-0.25, -0.2) is 8.42 Å². The van der Waals surface area contributed by atoms with Crippen molar-refractivity contribution in [3.8, 4) is 0 Å². The van der Waals surface area contributed by atoms with Gasteiger partial charge in [0.1, 0.15) is 6.61 Å². The first-order valence-corrected chi connectivity index (χ1v) is 11.5. The lowest BCUT2D eigenvalue weighted by atomic mass is 9.75. The summed E-state index contributed by atoms with van der Waals surface area (Å²) in [5.74, 6) is 0.541. The lowest BCUT2D eigenvalue weighted by molar-refractivity contribution is -0.156. The minimum absolute atomic E-state index is 0.224. The third kappa shape index (κ3) is 4.72. The smallest absolute Gasteiger partial charge is 0.311 e. The summed E-state index contributed by atoms with van der Waals surface area (Å²) in [5.41, 5.74) is -0.561. The van der Waals surface area contributed by atoms with Crippen LogP contribution in [0.15, 0.2) is 0 Å². The van der Waals surface area contributed by atoms with Crippen molar-refractivity contribution >= 4 is 55.8 Å². The quantitative estimate of drug-likeness (QED) is 0.292. The van der Waals surface area contributed by atoms with Crippen molar-refractivity contribution in [1.29, 1.82) is 0 Å². The molecule has 0 bridgehead atoms. The fourth-order valence-electron chi connectivity index (χ4n) is 2.05. The minimum Gasteiger partial charge on any atom is -0.464 e. The molecule has 1 aliphatic carbocycles. The number of halogens is 2. The Kier molecular flexibility index (Phi) is 6.54. The van der Waals surface area contributed by atoms with Gasteiger partial charge in [0, 0.05) is 16.4 Å². The minimum atomic E-state index is -3.51. The van der Waals surface area contributed by atoms with Crippen LogP contribution in [0, 0.1) is 5.41 Å². The molecule has 4 nitrogen and oxygen atoms in total. The summed E-state index contributed by atoms with van der Waals surface area (Å²) in [6.45, 7) is 2.24. The van der Waals surface area contributed by atoms with Gasteiger partial charge in [-0.15, -0.1) is 0 Å². The first-order valence-electron chi connectivity index (χ1n) is 5.64. The Hall–Kier alpha value is 0.790.